The SMILES string of the molecule is Cl.O=C(OCC1CCN(Cc2ccccc2)CC1)[C@](O)(c1ccccc1)c1cccc(OCC2CCNCC2)c1. The maximum absolute atomic E-state index is 13.6. The van der Waals surface area contributed by atoms with E-state index in [0.29, 0.717) is 36.0 Å². The number of esters is 1. The van der Waals surface area contributed by atoms with Crippen molar-refractivity contribution >= 4 is 18.4 Å². The zero-order chi connectivity index (χ0) is 26.9. The summed E-state index contributed by atoms with van der Waals surface area (Å²) in [5, 5.41) is 15.3. The Morgan fingerprint density at radius 3 is 2.15 bits per heavy atom. The molecule has 2 aliphatic heterocycles. The standard InChI is InChI=1S/C33H40N2O4.ClH/c36-32(39-25-28-16-20-35(21-17-28)23-26-8-3-1-4-9-26)33(37,29-10-5-2-6-11-29)30-12-7-13-31(22-30)38-24-27-14-18-34-19-15-27;/h1-13,22,27-28,34,37H,14-21,23-25H2;1H/t33-;/m0./s1. The zero-order valence-corrected chi connectivity index (χ0v) is 23.9. The van der Waals surface area contributed by atoms with Crippen LogP contribution < -0.4 is 10.1 Å². The van der Waals surface area contributed by atoms with E-state index in [-0.39, 0.29) is 18.3 Å². The molecule has 2 saturated heterocycles. The fourth-order valence-corrected chi connectivity index (χ4v) is 5.61. The highest BCUT2D eigenvalue weighted by molar-refractivity contribution is 5.86. The van der Waals surface area contributed by atoms with E-state index < -0.39 is 11.6 Å². The van der Waals surface area contributed by atoms with Gasteiger partial charge in [0.1, 0.15) is 5.75 Å². The van der Waals surface area contributed by atoms with Crippen molar-refractivity contribution in [3.05, 3.63) is 102 Å². The number of nitrogens with one attached hydrogen (secondary N) is 1. The summed E-state index contributed by atoms with van der Waals surface area (Å²) in [4.78, 5) is 16.0. The van der Waals surface area contributed by atoms with Crippen molar-refractivity contribution in [2.45, 2.75) is 37.8 Å². The summed E-state index contributed by atoms with van der Waals surface area (Å²) >= 11 is 0. The van der Waals surface area contributed by atoms with Crippen LogP contribution in [0.2, 0.25) is 0 Å². The van der Waals surface area contributed by atoms with Crippen LogP contribution in [0.15, 0.2) is 84.9 Å². The fraction of sp³-hybridized carbons (Fsp3) is 0.424. The first-order chi connectivity index (χ1) is 19.1. The summed E-state index contributed by atoms with van der Waals surface area (Å²) in [6.07, 6.45) is 4.10. The van der Waals surface area contributed by atoms with Gasteiger partial charge in [0.25, 0.3) is 0 Å². The monoisotopic (exact) mass is 564 g/mol. The van der Waals surface area contributed by atoms with Crippen molar-refractivity contribution in [2.24, 2.45) is 11.8 Å². The fourth-order valence-electron chi connectivity index (χ4n) is 5.61. The number of halogens is 1. The molecule has 0 amide bonds. The average Bonchev–Trinajstić information content (AvgIpc) is 3.01. The molecule has 0 bridgehead atoms. The number of carbonyl (C=O) groups excluding carboxylic acids is 1. The lowest BCUT2D eigenvalue weighted by Gasteiger charge is -2.33. The van der Waals surface area contributed by atoms with Gasteiger partial charge in [-0.3, -0.25) is 4.90 Å². The molecule has 2 fully saturated rings. The zero-order valence-electron chi connectivity index (χ0n) is 23.0. The third-order valence-electron chi connectivity index (χ3n) is 8.09. The molecule has 0 aromatic heterocycles. The maximum atomic E-state index is 13.6. The molecule has 0 spiro atoms. The second-order valence-corrected chi connectivity index (χ2v) is 10.9. The lowest BCUT2D eigenvalue weighted by molar-refractivity contribution is -0.164. The van der Waals surface area contributed by atoms with Gasteiger partial charge < -0.3 is 19.9 Å². The number of aliphatic hydroxyl groups is 1. The summed E-state index contributed by atoms with van der Waals surface area (Å²) in [7, 11) is 0. The van der Waals surface area contributed by atoms with Gasteiger partial charge in [-0.2, -0.15) is 0 Å². The highest BCUT2D eigenvalue weighted by Gasteiger charge is 2.42. The van der Waals surface area contributed by atoms with Gasteiger partial charge in [0.05, 0.1) is 13.2 Å². The second kappa shape index (κ2) is 14.6. The van der Waals surface area contributed by atoms with Gasteiger partial charge in [0, 0.05) is 12.1 Å². The lowest BCUT2D eigenvalue weighted by atomic mass is 9.86. The van der Waals surface area contributed by atoms with Crippen molar-refractivity contribution in [3.8, 4) is 5.75 Å². The second-order valence-electron chi connectivity index (χ2n) is 10.9. The summed E-state index contributed by atoms with van der Waals surface area (Å²) in [6, 6.07) is 26.8. The van der Waals surface area contributed by atoms with Crippen molar-refractivity contribution in [1.29, 1.82) is 0 Å². The van der Waals surface area contributed by atoms with E-state index in [4.69, 9.17) is 9.47 Å². The first-order valence-electron chi connectivity index (χ1n) is 14.3. The molecule has 3 aromatic carbocycles. The molecule has 5 rings (SSSR count). The molecule has 3 aromatic rings. The first kappa shape index (κ1) is 30.1. The number of likely N-dealkylation sites (tertiary alicyclic amines) is 1. The number of nitrogens with zero attached hydrogens (tertiary/aromatic N) is 1. The predicted molar refractivity (Wildman–Crippen MR) is 160 cm³/mol. The van der Waals surface area contributed by atoms with Gasteiger partial charge in [-0.1, -0.05) is 72.8 Å². The Labute approximate surface area is 244 Å². The summed E-state index contributed by atoms with van der Waals surface area (Å²) in [5.74, 6) is 0.794. The van der Waals surface area contributed by atoms with Crippen molar-refractivity contribution in [1.82, 2.24) is 10.2 Å². The van der Waals surface area contributed by atoms with Gasteiger partial charge >= 0.3 is 5.97 Å². The molecule has 0 saturated carbocycles. The number of hydrogen-bond donors (Lipinski definition) is 2. The molecule has 2 N–H and O–H groups in total. The van der Waals surface area contributed by atoms with Crippen LogP contribution in [0.5, 0.6) is 5.75 Å². The van der Waals surface area contributed by atoms with Crippen molar-refractivity contribution < 1.29 is 19.4 Å². The molecule has 2 heterocycles. The Hall–Kier alpha value is -2.90. The van der Waals surface area contributed by atoms with Gasteiger partial charge in [0.2, 0.25) is 5.60 Å². The van der Waals surface area contributed by atoms with E-state index in [2.05, 4.69) is 34.5 Å². The van der Waals surface area contributed by atoms with Crippen LogP contribution in [0.1, 0.15) is 42.4 Å². The van der Waals surface area contributed by atoms with Crippen LogP contribution in [0.3, 0.4) is 0 Å². The van der Waals surface area contributed by atoms with Crippen molar-refractivity contribution in [3.63, 3.8) is 0 Å². The van der Waals surface area contributed by atoms with E-state index in [1.54, 1.807) is 24.3 Å². The minimum absolute atomic E-state index is 0. The Balaban J connectivity index is 0.00000370. The molecule has 2 aliphatic rings. The van der Waals surface area contributed by atoms with Crippen LogP contribution in [-0.2, 0) is 21.7 Å². The molecule has 1 atom stereocenters. The van der Waals surface area contributed by atoms with E-state index in [1.165, 1.54) is 5.56 Å². The molecule has 0 unspecified atom stereocenters. The Kier molecular flexibility index (Phi) is 11.0. The van der Waals surface area contributed by atoms with Crippen molar-refractivity contribution in [2.75, 3.05) is 39.4 Å². The molecule has 0 aliphatic carbocycles. The van der Waals surface area contributed by atoms with Crippen LogP contribution >= 0.6 is 12.4 Å². The number of hydrogen-bond acceptors (Lipinski definition) is 6. The topological polar surface area (TPSA) is 71.0 Å². The molecule has 0 radical (unpaired) electrons. The van der Waals surface area contributed by atoms with Crippen LogP contribution in [0, 0.1) is 11.8 Å². The highest BCUT2D eigenvalue weighted by Crippen LogP contribution is 2.34. The molecular formula is C33H41ClN2O4. The minimum atomic E-state index is -1.91. The Morgan fingerprint density at radius 2 is 1.45 bits per heavy atom. The van der Waals surface area contributed by atoms with Gasteiger partial charge in [-0.05, 0) is 87.0 Å². The van der Waals surface area contributed by atoms with E-state index in [9.17, 15) is 9.90 Å². The number of piperidine rings is 2. The number of benzene rings is 3. The summed E-state index contributed by atoms with van der Waals surface area (Å²) in [5.41, 5.74) is 0.350. The summed E-state index contributed by atoms with van der Waals surface area (Å²) in [6.45, 7) is 5.84. The third-order valence-corrected chi connectivity index (χ3v) is 8.09. The van der Waals surface area contributed by atoms with Crippen LogP contribution in [-0.4, -0.2) is 55.4 Å². The van der Waals surface area contributed by atoms with E-state index in [0.717, 1.165) is 58.4 Å². The average molecular weight is 565 g/mol. The van der Waals surface area contributed by atoms with Gasteiger partial charge in [-0.15, -0.1) is 12.4 Å². The molecule has 6 nitrogen and oxygen atoms in total. The first-order valence-corrected chi connectivity index (χ1v) is 14.3. The maximum Gasteiger partial charge on any atom is 0.347 e. The minimum Gasteiger partial charge on any atom is -0.493 e. The van der Waals surface area contributed by atoms with Gasteiger partial charge in [0.15, 0.2) is 0 Å². The predicted octanol–water partition coefficient (Wildman–Crippen LogP) is 5.18. The Bertz CT molecular complexity index is 1180. The lowest BCUT2D eigenvalue weighted by Crippen LogP contribution is -2.40. The number of rotatable bonds is 10. The van der Waals surface area contributed by atoms with E-state index in [1.807, 2.05) is 36.4 Å². The molecular weight excluding hydrogens is 524 g/mol. The highest BCUT2D eigenvalue weighted by atomic mass is 35.5. The molecule has 7 heteroatoms. The smallest absolute Gasteiger partial charge is 0.347 e. The number of carbonyl (C=O) groups is 1. The van der Waals surface area contributed by atoms with Gasteiger partial charge in [-0.25, -0.2) is 4.79 Å². The molecule has 214 valence electrons. The van der Waals surface area contributed by atoms with Crippen LogP contribution in [0.4, 0.5) is 0 Å². The number of ether oxygens (including phenoxy) is 2. The largest absolute Gasteiger partial charge is 0.493 e. The van der Waals surface area contributed by atoms with E-state index >= 15 is 0 Å². The quantitative estimate of drug-likeness (QED) is 0.331. The van der Waals surface area contributed by atoms with Crippen LogP contribution in [0.25, 0.3) is 0 Å². The molecule has 40 heavy (non-hydrogen) atoms. The Morgan fingerprint density at radius 1 is 0.825 bits per heavy atom. The normalized spacial score (nSPS) is 18.3. The third kappa shape index (κ3) is 7.64. The summed E-state index contributed by atoms with van der Waals surface area (Å²) < 4.78 is 12.0.